The lowest BCUT2D eigenvalue weighted by atomic mass is 9.90. The second kappa shape index (κ2) is 9.16. The highest BCUT2D eigenvalue weighted by molar-refractivity contribution is 5.98. The van der Waals surface area contributed by atoms with Gasteiger partial charge in [-0.15, -0.1) is 0 Å². The van der Waals surface area contributed by atoms with Gasteiger partial charge in [-0.2, -0.15) is 28.2 Å². The number of aromatic nitrogens is 4. The summed E-state index contributed by atoms with van der Waals surface area (Å²) in [6.07, 6.45) is 0.724. The Morgan fingerprint density at radius 2 is 1.94 bits per heavy atom. The lowest BCUT2D eigenvalue weighted by molar-refractivity contribution is -0.137. The van der Waals surface area contributed by atoms with Crippen LogP contribution in [0, 0.1) is 11.7 Å². The van der Waals surface area contributed by atoms with Gasteiger partial charge in [0.1, 0.15) is 12.4 Å². The molecule has 1 fully saturated rings. The molecule has 33 heavy (non-hydrogen) atoms. The minimum atomic E-state index is -4.49. The van der Waals surface area contributed by atoms with Crippen molar-refractivity contribution in [3.05, 3.63) is 65.9 Å². The summed E-state index contributed by atoms with van der Waals surface area (Å²) in [5, 5.41) is 8.08. The summed E-state index contributed by atoms with van der Waals surface area (Å²) in [5.74, 6) is -0.888. The topological polar surface area (TPSA) is 73.1 Å². The number of pyridine rings is 1. The number of carbonyl (C=O) groups excluding carboxylic acids is 1. The van der Waals surface area contributed by atoms with Gasteiger partial charge in [-0.3, -0.25) is 4.79 Å². The van der Waals surface area contributed by atoms with Crippen LogP contribution in [-0.4, -0.2) is 50.0 Å². The van der Waals surface area contributed by atoms with Crippen LogP contribution in [-0.2, 0) is 6.18 Å². The number of rotatable bonds is 5. The van der Waals surface area contributed by atoms with Crippen LogP contribution in [0.4, 0.5) is 17.6 Å². The minimum Gasteiger partial charge on any atom is -0.475 e. The Hall–Kier alpha value is -3.50. The van der Waals surface area contributed by atoms with Crippen molar-refractivity contribution in [2.45, 2.75) is 32.0 Å². The van der Waals surface area contributed by atoms with Crippen LogP contribution in [0.3, 0.4) is 0 Å². The molecule has 2 aromatic heterocycles. The second-order valence-electron chi connectivity index (χ2n) is 7.86. The van der Waals surface area contributed by atoms with Crippen molar-refractivity contribution < 1.29 is 27.1 Å². The molecule has 1 amide bonds. The predicted octanol–water partition coefficient (Wildman–Crippen LogP) is 4.14. The van der Waals surface area contributed by atoms with Crippen molar-refractivity contribution in [2.24, 2.45) is 5.92 Å². The molecule has 0 radical (unpaired) electrons. The molecule has 1 aliphatic heterocycles. The van der Waals surface area contributed by atoms with Gasteiger partial charge < -0.3 is 9.64 Å². The van der Waals surface area contributed by atoms with Gasteiger partial charge in [0.15, 0.2) is 0 Å². The smallest absolute Gasteiger partial charge is 0.417 e. The number of piperidine rings is 1. The van der Waals surface area contributed by atoms with Gasteiger partial charge in [0.25, 0.3) is 5.91 Å². The number of halogens is 4. The Morgan fingerprint density at radius 1 is 1.18 bits per heavy atom. The van der Waals surface area contributed by atoms with Gasteiger partial charge in [0.05, 0.1) is 35.2 Å². The fraction of sp³-hybridized carbons (Fsp3) is 0.364. The lowest BCUT2D eigenvalue weighted by Crippen LogP contribution is -2.50. The minimum absolute atomic E-state index is 0.0281. The van der Waals surface area contributed by atoms with E-state index in [-0.39, 0.29) is 30.0 Å². The molecule has 0 unspecified atom stereocenters. The van der Waals surface area contributed by atoms with Gasteiger partial charge in [-0.05, 0) is 43.0 Å². The lowest BCUT2D eigenvalue weighted by Gasteiger charge is -2.40. The van der Waals surface area contributed by atoms with Crippen molar-refractivity contribution in [3.8, 4) is 11.6 Å². The van der Waals surface area contributed by atoms with Crippen molar-refractivity contribution in [2.75, 3.05) is 13.2 Å². The Labute approximate surface area is 187 Å². The molecule has 3 aromatic rings. The molecule has 0 aliphatic carbocycles. The van der Waals surface area contributed by atoms with E-state index in [1.165, 1.54) is 29.3 Å². The number of likely N-dealkylation sites (tertiary alicyclic amines) is 1. The predicted molar refractivity (Wildman–Crippen MR) is 109 cm³/mol. The summed E-state index contributed by atoms with van der Waals surface area (Å²) in [4.78, 5) is 20.1. The average Bonchev–Trinajstić information content (AvgIpc) is 3.32. The van der Waals surface area contributed by atoms with Crippen LogP contribution in [0.1, 0.15) is 35.7 Å². The van der Waals surface area contributed by atoms with Crippen LogP contribution in [0.5, 0.6) is 5.88 Å². The van der Waals surface area contributed by atoms with E-state index in [0.29, 0.717) is 18.4 Å². The van der Waals surface area contributed by atoms with E-state index in [2.05, 4.69) is 15.2 Å². The maximum absolute atomic E-state index is 14.0. The summed E-state index contributed by atoms with van der Waals surface area (Å²) in [7, 11) is 0. The van der Waals surface area contributed by atoms with Gasteiger partial charge in [-0.1, -0.05) is 6.92 Å². The fourth-order valence-electron chi connectivity index (χ4n) is 3.91. The van der Waals surface area contributed by atoms with Gasteiger partial charge >= 0.3 is 6.18 Å². The Balaban J connectivity index is 1.55. The number of ether oxygens (including phenoxy) is 1. The number of alkyl halides is 3. The first kappa shape index (κ1) is 22.7. The van der Waals surface area contributed by atoms with Gasteiger partial charge in [-0.25, -0.2) is 9.37 Å². The van der Waals surface area contributed by atoms with Gasteiger partial charge in [0, 0.05) is 18.8 Å². The van der Waals surface area contributed by atoms with E-state index in [4.69, 9.17) is 4.74 Å². The number of benzene rings is 1. The molecule has 3 heterocycles. The molecule has 0 spiro atoms. The molecular formula is C22H21F4N5O2. The quantitative estimate of drug-likeness (QED) is 0.532. The maximum Gasteiger partial charge on any atom is 0.417 e. The van der Waals surface area contributed by atoms with Crippen LogP contribution < -0.4 is 4.74 Å². The van der Waals surface area contributed by atoms with Crippen LogP contribution in [0.15, 0.2) is 48.9 Å². The summed E-state index contributed by atoms with van der Waals surface area (Å²) in [6, 6.07) is 5.48. The SMILES string of the molecule is C[C@@H]1CCCN(C(=O)c2cc(F)ccc2-n2nccn2)[C@@H]1COc1ccc(C(F)(F)F)cn1. The maximum atomic E-state index is 14.0. The average molecular weight is 463 g/mol. The molecular weight excluding hydrogens is 442 g/mol. The molecule has 0 N–H and O–H groups in total. The number of carbonyl (C=O) groups is 1. The highest BCUT2D eigenvalue weighted by Crippen LogP contribution is 2.30. The molecule has 1 aliphatic rings. The highest BCUT2D eigenvalue weighted by atomic mass is 19.4. The molecule has 4 rings (SSSR count). The van der Waals surface area contributed by atoms with Crippen LogP contribution in [0.2, 0.25) is 0 Å². The zero-order chi connectivity index (χ0) is 23.6. The standard InChI is InChI=1S/C22H21F4N5O2/c1-14-3-2-10-30(19(14)13-33-20-7-4-15(12-27-20)22(24,25)26)21(32)17-11-16(23)5-6-18(17)31-28-8-9-29-31/h4-9,11-12,14,19H,2-3,10,13H2,1H3/t14-,19-/m1/s1. The van der Waals surface area contributed by atoms with Gasteiger partial charge in [0.2, 0.25) is 5.88 Å². The first-order valence-electron chi connectivity index (χ1n) is 10.4. The summed E-state index contributed by atoms with van der Waals surface area (Å²) >= 11 is 0. The molecule has 7 nitrogen and oxygen atoms in total. The van der Waals surface area contributed by atoms with Crippen molar-refractivity contribution >= 4 is 5.91 Å². The monoisotopic (exact) mass is 463 g/mol. The number of nitrogens with zero attached hydrogens (tertiary/aromatic N) is 5. The largest absolute Gasteiger partial charge is 0.475 e. The van der Waals surface area contributed by atoms with E-state index in [9.17, 15) is 22.4 Å². The van der Waals surface area contributed by atoms with Crippen molar-refractivity contribution in [1.29, 1.82) is 0 Å². The zero-order valence-electron chi connectivity index (χ0n) is 17.7. The normalized spacial score (nSPS) is 18.9. The third-order valence-electron chi connectivity index (χ3n) is 5.67. The number of hydrogen-bond acceptors (Lipinski definition) is 5. The second-order valence-corrected chi connectivity index (χ2v) is 7.86. The number of amides is 1. The van der Waals surface area contributed by atoms with Crippen molar-refractivity contribution in [3.63, 3.8) is 0 Å². The zero-order valence-corrected chi connectivity index (χ0v) is 17.7. The van der Waals surface area contributed by atoms with E-state index in [0.717, 1.165) is 31.0 Å². The fourth-order valence-corrected chi connectivity index (χ4v) is 3.91. The summed E-state index contributed by atoms with van der Waals surface area (Å²) < 4.78 is 57.9. The van der Waals surface area contributed by atoms with E-state index < -0.39 is 23.5 Å². The Morgan fingerprint density at radius 3 is 2.61 bits per heavy atom. The molecule has 0 saturated carbocycles. The molecule has 174 valence electrons. The number of hydrogen-bond donors (Lipinski definition) is 0. The molecule has 11 heteroatoms. The third kappa shape index (κ3) is 4.96. The first-order chi connectivity index (χ1) is 15.7. The van der Waals surface area contributed by atoms with E-state index in [1.807, 2.05) is 6.92 Å². The Bertz CT molecular complexity index is 1100. The Kier molecular flexibility index (Phi) is 6.30. The van der Waals surface area contributed by atoms with E-state index >= 15 is 0 Å². The third-order valence-corrected chi connectivity index (χ3v) is 5.67. The molecule has 0 bridgehead atoms. The highest BCUT2D eigenvalue weighted by Gasteiger charge is 2.35. The molecule has 1 aromatic carbocycles. The van der Waals surface area contributed by atoms with E-state index in [1.54, 1.807) is 4.90 Å². The summed E-state index contributed by atoms with van der Waals surface area (Å²) in [6.45, 7) is 2.44. The van der Waals surface area contributed by atoms with Crippen LogP contribution >= 0.6 is 0 Å². The summed E-state index contributed by atoms with van der Waals surface area (Å²) in [5.41, 5.74) is -0.421. The molecule has 2 atom stereocenters. The first-order valence-corrected chi connectivity index (χ1v) is 10.4. The van der Waals surface area contributed by atoms with Crippen LogP contribution in [0.25, 0.3) is 5.69 Å². The molecule has 1 saturated heterocycles. The van der Waals surface area contributed by atoms with Crippen molar-refractivity contribution in [1.82, 2.24) is 24.9 Å².